The number of nitrogens with one attached hydrogen (secondary N) is 1. The highest BCUT2D eigenvalue weighted by Crippen LogP contribution is 2.30. The molecule has 0 radical (unpaired) electrons. The lowest BCUT2D eigenvalue weighted by molar-refractivity contribution is 0.0680. The minimum absolute atomic E-state index is 0. The lowest BCUT2D eigenvalue weighted by Crippen LogP contribution is -2.42. The maximum absolute atomic E-state index is 13.1. The zero-order valence-corrected chi connectivity index (χ0v) is 18.0. The van der Waals surface area contributed by atoms with Crippen molar-refractivity contribution in [1.29, 1.82) is 0 Å². The molecule has 1 amide bonds. The zero-order chi connectivity index (χ0) is 19.0. The van der Waals surface area contributed by atoms with Gasteiger partial charge in [-0.1, -0.05) is 6.42 Å². The number of nitrogens with zero attached hydrogens (tertiary/aromatic N) is 2. The molecule has 0 spiro atoms. The molecule has 3 fully saturated rings. The molecule has 4 rings (SSSR count). The van der Waals surface area contributed by atoms with Gasteiger partial charge in [-0.25, -0.2) is 8.42 Å². The second kappa shape index (κ2) is 8.69. The Labute approximate surface area is 174 Å². The Morgan fingerprint density at radius 1 is 1.04 bits per heavy atom. The summed E-state index contributed by atoms with van der Waals surface area (Å²) in [6.45, 7) is 4.35. The van der Waals surface area contributed by atoms with E-state index in [1.807, 2.05) is 11.8 Å². The Balaban J connectivity index is 0.00000225. The SMILES string of the molecule is CC1CCCCN1S(=O)(=O)c1ccc(C(=O)N2C3CCNCC2CC3)cc1.Cl. The quantitative estimate of drug-likeness (QED) is 0.805. The maximum atomic E-state index is 13.1. The number of carbonyl (C=O) groups is 1. The molecule has 3 unspecified atom stereocenters. The first-order valence-corrected chi connectivity index (χ1v) is 11.6. The normalized spacial score (nSPS) is 28.5. The number of piperidine rings is 1. The van der Waals surface area contributed by atoms with E-state index in [2.05, 4.69) is 5.32 Å². The molecule has 0 aliphatic carbocycles. The Hall–Kier alpha value is -1.15. The summed E-state index contributed by atoms with van der Waals surface area (Å²) in [6, 6.07) is 7.15. The summed E-state index contributed by atoms with van der Waals surface area (Å²) in [7, 11) is -3.50. The van der Waals surface area contributed by atoms with Gasteiger partial charge in [0, 0.05) is 36.8 Å². The molecule has 3 saturated heterocycles. The van der Waals surface area contributed by atoms with Gasteiger partial charge < -0.3 is 10.2 Å². The fraction of sp³-hybridized carbons (Fsp3) is 0.650. The van der Waals surface area contributed by atoms with E-state index >= 15 is 0 Å². The van der Waals surface area contributed by atoms with E-state index in [1.54, 1.807) is 28.6 Å². The predicted octanol–water partition coefficient (Wildman–Crippen LogP) is 2.64. The number of sulfonamides is 1. The van der Waals surface area contributed by atoms with Gasteiger partial charge in [-0.05, 0) is 69.8 Å². The molecule has 3 aliphatic heterocycles. The van der Waals surface area contributed by atoms with Gasteiger partial charge in [0.1, 0.15) is 0 Å². The highest BCUT2D eigenvalue weighted by Gasteiger charge is 2.38. The summed E-state index contributed by atoms with van der Waals surface area (Å²) in [5, 5.41) is 3.41. The minimum atomic E-state index is -3.50. The lowest BCUT2D eigenvalue weighted by Gasteiger charge is -2.32. The monoisotopic (exact) mass is 427 g/mol. The Morgan fingerprint density at radius 3 is 2.46 bits per heavy atom. The van der Waals surface area contributed by atoms with Gasteiger partial charge in [0.05, 0.1) is 4.90 Å². The predicted molar refractivity (Wildman–Crippen MR) is 111 cm³/mol. The van der Waals surface area contributed by atoms with E-state index in [9.17, 15) is 13.2 Å². The third-order valence-electron chi connectivity index (χ3n) is 6.34. The van der Waals surface area contributed by atoms with Gasteiger partial charge in [-0.15, -0.1) is 12.4 Å². The van der Waals surface area contributed by atoms with Gasteiger partial charge in [-0.3, -0.25) is 4.79 Å². The molecule has 3 heterocycles. The van der Waals surface area contributed by atoms with Crippen molar-refractivity contribution in [3.8, 4) is 0 Å². The molecule has 156 valence electrons. The molecule has 28 heavy (non-hydrogen) atoms. The summed E-state index contributed by atoms with van der Waals surface area (Å²) < 4.78 is 27.5. The molecular weight excluding hydrogens is 398 g/mol. The molecule has 1 N–H and O–H groups in total. The smallest absolute Gasteiger partial charge is 0.254 e. The molecule has 0 saturated carbocycles. The highest BCUT2D eigenvalue weighted by atomic mass is 35.5. The number of carbonyl (C=O) groups excluding carboxylic acids is 1. The maximum Gasteiger partial charge on any atom is 0.254 e. The lowest BCUT2D eigenvalue weighted by atomic mass is 10.1. The first-order valence-electron chi connectivity index (χ1n) is 10.1. The third-order valence-corrected chi connectivity index (χ3v) is 8.37. The summed E-state index contributed by atoms with van der Waals surface area (Å²) in [4.78, 5) is 15.4. The zero-order valence-electron chi connectivity index (χ0n) is 16.3. The first kappa shape index (κ1) is 21.6. The highest BCUT2D eigenvalue weighted by molar-refractivity contribution is 7.89. The Bertz CT molecular complexity index is 785. The van der Waals surface area contributed by atoms with Crippen LogP contribution in [-0.4, -0.2) is 61.3 Å². The van der Waals surface area contributed by atoms with E-state index in [-0.39, 0.29) is 35.3 Å². The van der Waals surface area contributed by atoms with Gasteiger partial charge in [0.2, 0.25) is 10.0 Å². The molecular formula is C20H30ClN3O3S. The van der Waals surface area contributed by atoms with Crippen LogP contribution in [0.5, 0.6) is 0 Å². The number of fused-ring (bicyclic) bond motifs is 2. The van der Waals surface area contributed by atoms with Crippen molar-refractivity contribution in [2.45, 2.75) is 68.5 Å². The van der Waals surface area contributed by atoms with E-state index < -0.39 is 10.0 Å². The third kappa shape index (κ3) is 3.95. The number of amides is 1. The van der Waals surface area contributed by atoms with Gasteiger partial charge in [0.15, 0.2) is 0 Å². The van der Waals surface area contributed by atoms with Crippen LogP contribution in [0.3, 0.4) is 0 Å². The van der Waals surface area contributed by atoms with Crippen LogP contribution < -0.4 is 5.32 Å². The standard InChI is InChI=1S/C20H29N3O3S.ClH/c1-15-4-2-3-13-22(15)27(25,26)19-9-5-16(6-10-19)20(24)23-17-7-8-18(23)14-21-12-11-17;/h5-6,9-10,15,17-18,21H,2-4,7-8,11-14H2,1H3;1H. The van der Waals surface area contributed by atoms with E-state index in [0.717, 1.165) is 51.6 Å². The van der Waals surface area contributed by atoms with Gasteiger partial charge in [0.25, 0.3) is 5.91 Å². The van der Waals surface area contributed by atoms with E-state index in [0.29, 0.717) is 18.2 Å². The van der Waals surface area contributed by atoms with E-state index in [4.69, 9.17) is 0 Å². The molecule has 0 aromatic heterocycles. The number of rotatable bonds is 3. The van der Waals surface area contributed by atoms with Crippen molar-refractivity contribution in [2.24, 2.45) is 0 Å². The Kier molecular flexibility index (Phi) is 6.69. The molecule has 6 nitrogen and oxygen atoms in total. The largest absolute Gasteiger partial charge is 0.331 e. The minimum Gasteiger partial charge on any atom is -0.331 e. The van der Waals surface area contributed by atoms with Crippen molar-refractivity contribution in [3.63, 3.8) is 0 Å². The van der Waals surface area contributed by atoms with Crippen LogP contribution in [0.1, 0.15) is 55.8 Å². The van der Waals surface area contributed by atoms with Crippen molar-refractivity contribution >= 4 is 28.3 Å². The molecule has 8 heteroatoms. The Morgan fingerprint density at radius 2 is 1.75 bits per heavy atom. The average molecular weight is 428 g/mol. The van der Waals surface area contributed by atoms with Gasteiger partial charge >= 0.3 is 0 Å². The van der Waals surface area contributed by atoms with Crippen LogP contribution in [0.25, 0.3) is 0 Å². The molecule has 1 aromatic carbocycles. The second-order valence-corrected chi connectivity index (χ2v) is 9.97. The number of hydrogen-bond donors (Lipinski definition) is 1. The molecule has 3 atom stereocenters. The van der Waals surface area contributed by atoms with Crippen LogP contribution in [0.15, 0.2) is 29.2 Å². The van der Waals surface area contributed by atoms with Crippen LogP contribution >= 0.6 is 12.4 Å². The number of benzene rings is 1. The van der Waals surface area contributed by atoms with Crippen LogP contribution in [0, 0.1) is 0 Å². The van der Waals surface area contributed by atoms with Crippen molar-refractivity contribution in [3.05, 3.63) is 29.8 Å². The van der Waals surface area contributed by atoms with Crippen molar-refractivity contribution in [2.75, 3.05) is 19.6 Å². The fourth-order valence-electron chi connectivity index (χ4n) is 4.80. The number of halogens is 1. The van der Waals surface area contributed by atoms with Crippen LogP contribution in [0.4, 0.5) is 0 Å². The molecule has 2 bridgehead atoms. The summed E-state index contributed by atoms with van der Waals surface area (Å²) in [6.07, 6.45) is 5.99. The van der Waals surface area contributed by atoms with Crippen molar-refractivity contribution in [1.82, 2.24) is 14.5 Å². The second-order valence-electron chi connectivity index (χ2n) is 8.08. The van der Waals surface area contributed by atoms with Gasteiger partial charge in [-0.2, -0.15) is 4.31 Å². The summed E-state index contributed by atoms with van der Waals surface area (Å²) in [5.41, 5.74) is 0.583. The van der Waals surface area contributed by atoms with Crippen LogP contribution in [-0.2, 0) is 10.0 Å². The average Bonchev–Trinajstić information content (AvgIpc) is 2.94. The van der Waals surface area contributed by atoms with E-state index in [1.165, 1.54) is 0 Å². The topological polar surface area (TPSA) is 69.7 Å². The first-order chi connectivity index (χ1) is 13.0. The van der Waals surface area contributed by atoms with Crippen LogP contribution in [0.2, 0.25) is 0 Å². The molecule has 1 aromatic rings. The molecule has 3 aliphatic rings. The summed E-state index contributed by atoms with van der Waals surface area (Å²) in [5.74, 6) is 0.0292. The fourth-order valence-corrected chi connectivity index (χ4v) is 6.50. The van der Waals surface area contributed by atoms with Crippen molar-refractivity contribution < 1.29 is 13.2 Å². The number of hydrogen-bond acceptors (Lipinski definition) is 4. The summed E-state index contributed by atoms with van der Waals surface area (Å²) >= 11 is 0.